The van der Waals surface area contributed by atoms with Gasteiger partial charge < -0.3 is 10.1 Å². The first-order valence-electron chi connectivity index (χ1n) is 5.97. The SMILES string of the molecule is CCNCc1ccncc1Oc1ccc(Cl)c(F)c1. The summed E-state index contributed by atoms with van der Waals surface area (Å²) in [6.07, 6.45) is 3.31. The third-order valence-corrected chi connectivity index (χ3v) is 2.86. The third kappa shape index (κ3) is 3.66. The van der Waals surface area contributed by atoms with Gasteiger partial charge in [0.2, 0.25) is 0 Å². The van der Waals surface area contributed by atoms with Crippen LogP contribution in [0.15, 0.2) is 36.7 Å². The van der Waals surface area contributed by atoms with Gasteiger partial charge in [0.25, 0.3) is 0 Å². The van der Waals surface area contributed by atoms with Crippen molar-refractivity contribution < 1.29 is 9.13 Å². The Balaban J connectivity index is 2.20. The molecule has 0 unspecified atom stereocenters. The number of hydrogen-bond acceptors (Lipinski definition) is 3. The fourth-order valence-corrected chi connectivity index (χ4v) is 1.69. The molecule has 5 heteroatoms. The van der Waals surface area contributed by atoms with Gasteiger partial charge in [-0.25, -0.2) is 4.39 Å². The predicted octanol–water partition coefficient (Wildman–Crippen LogP) is 3.78. The van der Waals surface area contributed by atoms with Crippen LogP contribution >= 0.6 is 11.6 Å². The molecule has 1 aromatic carbocycles. The van der Waals surface area contributed by atoms with Crippen LogP contribution in [-0.4, -0.2) is 11.5 Å². The summed E-state index contributed by atoms with van der Waals surface area (Å²) in [5, 5.41) is 3.28. The highest BCUT2D eigenvalue weighted by atomic mass is 35.5. The van der Waals surface area contributed by atoms with Gasteiger partial charge in [0.15, 0.2) is 0 Å². The van der Waals surface area contributed by atoms with Crippen molar-refractivity contribution in [1.29, 1.82) is 0 Å². The predicted molar refractivity (Wildman–Crippen MR) is 73.1 cm³/mol. The Bertz CT molecular complexity index is 563. The first-order chi connectivity index (χ1) is 9.20. The second-order valence-corrected chi connectivity index (χ2v) is 4.35. The number of aromatic nitrogens is 1. The third-order valence-electron chi connectivity index (χ3n) is 2.55. The lowest BCUT2D eigenvalue weighted by atomic mass is 10.2. The van der Waals surface area contributed by atoms with E-state index in [9.17, 15) is 4.39 Å². The van der Waals surface area contributed by atoms with Gasteiger partial charge in [0, 0.05) is 24.4 Å². The van der Waals surface area contributed by atoms with Crippen LogP contribution in [0.2, 0.25) is 5.02 Å². The van der Waals surface area contributed by atoms with Crippen molar-refractivity contribution in [2.75, 3.05) is 6.54 Å². The van der Waals surface area contributed by atoms with Crippen molar-refractivity contribution in [2.24, 2.45) is 0 Å². The van der Waals surface area contributed by atoms with E-state index in [-0.39, 0.29) is 5.02 Å². The molecule has 1 aromatic heterocycles. The average Bonchev–Trinajstić information content (AvgIpc) is 2.42. The molecule has 0 aliphatic carbocycles. The maximum atomic E-state index is 13.3. The minimum absolute atomic E-state index is 0.0754. The summed E-state index contributed by atoms with van der Waals surface area (Å²) < 4.78 is 19.0. The van der Waals surface area contributed by atoms with Crippen LogP contribution in [0.5, 0.6) is 11.5 Å². The summed E-state index contributed by atoms with van der Waals surface area (Å²) in [6, 6.07) is 6.21. The van der Waals surface area contributed by atoms with Crippen LogP contribution in [0, 0.1) is 5.82 Å². The molecule has 2 aromatic rings. The molecule has 0 atom stereocenters. The Morgan fingerprint density at radius 2 is 2.21 bits per heavy atom. The molecular weight excluding hydrogens is 267 g/mol. The lowest BCUT2D eigenvalue weighted by molar-refractivity contribution is 0.465. The molecule has 0 saturated heterocycles. The zero-order chi connectivity index (χ0) is 13.7. The second-order valence-electron chi connectivity index (χ2n) is 3.94. The number of hydrogen-bond donors (Lipinski definition) is 1. The molecule has 3 nitrogen and oxygen atoms in total. The van der Waals surface area contributed by atoms with Gasteiger partial charge in [-0.05, 0) is 24.7 Å². The Morgan fingerprint density at radius 1 is 1.37 bits per heavy atom. The first kappa shape index (κ1) is 13.8. The van der Waals surface area contributed by atoms with E-state index in [1.807, 2.05) is 13.0 Å². The van der Waals surface area contributed by atoms with Crippen LogP contribution in [0.3, 0.4) is 0 Å². The summed E-state index contributed by atoms with van der Waals surface area (Å²) in [5.41, 5.74) is 0.965. The Morgan fingerprint density at radius 3 is 2.95 bits per heavy atom. The quantitative estimate of drug-likeness (QED) is 0.905. The van der Waals surface area contributed by atoms with Gasteiger partial charge in [-0.2, -0.15) is 0 Å². The monoisotopic (exact) mass is 280 g/mol. The molecule has 1 N–H and O–H groups in total. The van der Waals surface area contributed by atoms with Gasteiger partial charge >= 0.3 is 0 Å². The van der Waals surface area contributed by atoms with Gasteiger partial charge in [-0.15, -0.1) is 0 Å². The highest BCUT2D eigenvalue weighted by Gasteiger charge is 2.07. The molecule has 2 rings (SSSR count). The summed E-state index contributed by atoms with van der Waals surface area (Å²) in [7, 11) is 0. The molecule has 19 heavy (non-hydrogen) atoms. The normalized spacial score (nSPS) is 10.5. The van der Waals surface area contributed by atoms with Crippen molar-refractivity contribution in [1.82, 2.24) is 10.3 Å². The van der Waals surface area contributed by atoms with Crippen LogP contribution in [0.25, 0.3) is 0 Å². The molecular formula is C14H14ClFN2O. The van der Waals surface area contributed by atoms with Crippen LogP contribution in [0.4, 0.5) is 4.39 Å². The largest absolute Gasteiger partial charge is 0.455 e. The molecule has 100 valence electrons. The summed E-state index contributed by atoms with van der Waals surface area (Å²) in [6.45, 7) is 3.55. The zero-order valence-electron chi connectivity index (χ0n) is 10.5. The smallest absolute Gasteiger partial charge is 0.150 e. The van der Waals surface area contributed by atoms with Gasteiger partial charge in [-0.3, -0.25) is 4.98 Å². The Kier molecular flexibility index (Phi) is 4.71. The van der Waals surface area contributed by atoms with Crippen molar-refractivity contribution >= 4 is 11.6 Å². The first-order valence-corrected chi connectivity index (χ1v) is 6.35. The molecule has 0 radical (unpaired) electrons. The fourth-order valence-electron chi connectivity index (χ4n) is 1.57. The van der Waals surface area contributed by atoms with Crippen molar-refractivity contribution in [3.8, 4) is 11.5 Å². The molecule has 0 fully saturated rings. The number of nitrogens with one attached hydrogen (secondary N) is 1. The molecule has 0 spiro atoms. The zero-order valence-corrected chi connectivity index (χ0v) is 11.2. The standard InChI is InChI=1S/C14H14ClFN2O/c1-2-17-8-10-5-6-18-9-14(10)19-11-3-4-12(15)13(16)7-11/h3-7,9,17H,2,8H2,1H3. The van der Waals surface area contributed by atoms with Crippen molar-refractivity contribution in [2.45, 2.75) is 13.5 Å². The van der Waals surface area contributed by atoms with Gasteiger partial charge in [-0.1, -0.05) is 18.5 Å². The number of nitrogens with zero attached hydrogens (tertiary/aromatic N) is 1. The van der Waals surface area contributed by atoms with Crippen LogP contribution < -0.4 is 10.1 Å². The summed E-state index contributed by atoms with van der Waals surface area (Å²) in [5.74, 6) is 0.495. The number of halogens is 2. The van der Waals surface area contributed by atoms with E-state index in [1.165, 1.54) is 12.1 Å². The van der Waals surface area contributed by atoms with E-state index in [0.717, 1.165) is 12.1 Å². The van der Waals surface area contributed by atoms with Crippen molar-refractivity contribution in [3.63, 3.8) is 0 Å². The summed E-state index contributed by atoms with van der Waals surface area (Å²) >= 11 is 5.63. The fraction of sp³-hybridized carbons (Fsp3) is 0.214. The molecule has 0 bridgehead atoms. The number of benzene rings is 1. The maximum Gasteiger partial charge on any atom is 0.150 e. The van der Waals surface area contributed by atoms with E-state index >= 15 is 0 Å². The Labute approximate surface area is 116 Å². The highest BCUT2D eigenvalue weighted by Crippen LogP contribution is 2.27. The van der Waals surface area contributed by atoms with Crippen LogP contribution in [0.1, 0.15) is 12.5 Å². The molecule has 1 heterocycles. The summed E-state index contributed by atoms with van der Waals surface area (Å²) in [4.78, 5) is 4.02. The highest BCUT2D eigenvalue weighted by molar-refractivity contribution is 6.30. The minimum atomic E-state index is -0.503. The average molecular weight is 281 g/mol. The van der Waals surface area contributed by atoms with E-state index in [4.69, 9.17) is 16.3 Å². The molecule has 0 amide bonds. The van der Waals surface area contributed by atoms with E-state index in [1.54, 1.807) is 18.5 Å². The van der Waals surface area contributed by atoms with Gasteiger partial charge in [0.1, 0.15) is 17.3 Å². The lowest BCUT2D eigenvalue weighted by Crippen LogP contribution is -2.12. The Hall–Kier alpha value is -1.65. The van der Waals surface area contributed by atoms with E-state index < -0.39 is 5.82 Å². The van der Waals surface area contributed by atoms with E-state index in [0.29, 0.717) is 18.0 Å². The number of ether oxygens (including phenoxy) is 1. The maximum absolute atomic E-state index is 13.3. The molecule has 0 saturated carbocycles. The van der Waals surface area contributed by atoms with E-state index in [2.05, 4.69) is 10.3 Å². The number of pyridine rings is 1. The topological polar surface area (TPSA) is 34.2 Å². The second kappa shape index (κ2) is 6.50. The molecule has 0 aliphatic rings. The number of rotatable bonds is 5. The minimum Gasteiger partial charge on any atom is -0.455 e. The molecule has 0 aliphatic heterocycles. The lowest BCUT2D eigenvalue weighted by Gasteiger charge is -2.11. The van der Waals surface area contributed by atoms with Crippen LogP contribution in [-0.2, 0) is 6.54 Å². The van der Waals surface area contributed by atoms with Gasteiger partial charge in [0.05, 0.1) is 11.2 Å². The van der Waals surface area contributed by atoms with Crippen molar-refractivity contribution in [3.05, 3.63) is 53.1 Å².